The van der Waals surface area contributed by atoms with Crippen LogP contribution in [0, 0.1) is 5.92 Å². The average molecular weight is 356 g/mol. The lowest BCUT2D eigenvalue weighted by Crippen LogP contribution is -2.55. The quantitative estimate of drug-likeness (QED) is 0.467. The van der Waals surface area contributed by atoms with Crippen LogP contribution in [0.1, 0.15) is 33.1 Å². The van der Waals surface area contributed by atoms with Gasteiger partial charge in [-0.2, -0.15) is 0 Å². The van der Waals surface area contributed by atoms with E-state index in [1.165, 1.54) is 12.0 Å². The van der Waals surface area contributed by atoms with Crippen LogP contribution < -0.4 is 5.32 Å². The summed E-state index contributed by atoms with van der Waals surface area (Å²) >= 11 is 0. The van der Waals surface area contributed by atoms with E-state index in [4.69, 9.17) is 4.74 Å². The van der Waals surface area contributed by atoms with E-state index in [9.17, 15) is 24.3 Å². The molecule has 0 unspecified atom stereocenters. The Hall–Kier alpha value is -2.16. The first kappa shape index (κ1) is 19.2. The number of hydrogen-bond donors (Lipinski definition) is 2. The Morgan fingerprint density at radius 3 is 2.56 bits per heavy atom. The molecule has 0 aromatic heterocycles. The molecule has 0 bridgehead atoms. The van der Waals surface area contributed by atoms with E-state index in [2.05, 4.69) is 10.1 Å². The highest BCUT2D eigenvalue weighted by atomic mass is 16.6. The van der Waals surface area contributed by atoms with E-state index in [1.54, 1.807) is 6.92 Å². The molecule has 2 amide bonds. The predicted octanol–water partition coefficient (Wildman–Crippen LogP) is -0.467. The van der Waals surface area contributed by atoms with Crippen LogP contribution in [0.15, 0.2) is 0 Å². The van der Waals surface area contributed by atoms with E-state index >= 15 is 0 Å². The fourth-order valence-electron chi connectivity index (χ4n) is 2.99. The third kappa shape index (κ3) is 4.09. The molecule has 25 heavy (non-hydrogen) atoms. The maximum Gasteiger partial charge on any atom is 0.338 e. The number of rotatable bonds is 7. The second-order valence-corrected chi connectivity index (χ2v) is 6.40. The van der Waals surface area contributed by atoms with E-state index in [0.29, 0.717) is 25.8 Å². The highest BCUT2D eigenvalue weighted by Gasteiger charge is 2.52. The molecule has 9 heteroatoms. The Kier molecular flexibility index (Phi) is 5.99. The molecule has 0 aromatic rings. The summed E-state index contributed by atoms with van der Waals surface area (Å²) in [4.78, 5) is 49.1. The van der Waals surface area contributed by atoms with E-state index in [1.807, 2.05) is 6.92 Å². The zero-order valence-corrected chi connectivity index (χ0v) is 14.6. The lowest BCUT2D eigenvalue weighted by Gasteiger charge is -2.30. The largest absolute Gasteiger partial charge is 0.480 e. The van der Waals surface area contributed by atoms with Crippen molar-refractivity contribution in [3.8, 4) is 0 Å². The fourth-order valence-corrected chi connectivity index (χ4v) is 2.99. The summed E-state index contributed by atoms with van der Waals surface area (Å²) in [6.07, 6.45) is -0.288. The number of ether oxygens (including phenoxy) is 2. The summed E-state index contributed by atoms with van der Waals surface area (Å²) in [5, 5.41) is 11.9. The SMILES string of the molecule is CC[C@H](C)[C@H](NC(=O)[C@H]1O[C@@H]1C(=O)OC)C(=O)N1CCC[C@H]1C(=O)O. The molecule has 0 aromatic carbocycles. The number of esters is 1. The molecule has 2 aliphatic rings. The van der Waals surface area contributed by atoms with Gasteiger partial charge in [0, 0.05) is 6.54 Å². The van der Waals surface area contributed by atoms with Crippen LogP contribution in [0.3, 0.4) is 0 Å². The monoisotopic (exact) mass is 356 g/mol. The number of methoxy groups -OCH3 is 1. The van der Waals surface area contributed by atoms with Gasteiger partial charge in [-0.25, -0.2) is 9.59 Å². The summed E-state index contributed by atoms with van der Waals surface area (Å²) in [7, 11) is 1.20. The molecular formula is C16H24N2O7. The Balaban J connectivity index is 2.06. The van der Waals surface area contributed by atoms with Crippen LogP contribution in [-0.2, 0) is 28.7 Å². The van der Waals surface area contributed by atoms with E-state index in [0.717, 1.165) is 0 Å². The molecular weight excluding hydrogens is 332 g/mol. The highest BCUT2D eigenvalue weighted by Crippen LogP contribution is 2.25. The summed E-state index contributed by atoms with van der Waals surface area (Å²) in [5.74, 6) is -2.86. The number of nitrogens with zero attached hydrogens (tertiary/aromatic N) is 1. The van der Waals surface area contributed by atoms with Gasteiger partial charge in [0.2, 0.25) is 5.91 Å². The van der Waals surface area contributed by atoms with Gasteiger partial charge in [-0.15, -0.1) is 0 Å². The molecule has 2 saturated heterocycles. The van der Waals surface area contributed by atoms with Crippen LogP contribution in [0.5, 0.6) is 0 Å². The van der Waals surface area contributed by atoms with Crippen molar-refractivity contribution in [2.24, 2.45) is 5.92 Å². The van der Waals surface area contributed by atoms with Crippen molar-refractivity contribution in [1.82, 2.24) is 10.2 Å². The lowest BCUT2D eigenvalue weighted by atomic mass is 9.97. The molecule has 2 N–H and O–H groups in total. The molecule has 2 rings (SSSR count). The molecule has 2 heterocycles. The van der Waals surface area contributed by atoms with Crippen molar-refractivity contribution in [2.45, 2.75) is 57.4 Å². The predicted molar refractivity (Wildman–Crippen MR) is 84.4 cm³/mol. The maximum atomic E-state index is 12.8. The van der Waals surface area contributed by atoms with Crippen molar-refractivity contribution >= 4 is 23.8 Å². The first-order valence-electron chi connectivity index (χ1n) is 8.38. The third-order valence-corrected chi connectivity index (χ3v) is 4.78. The van der Waals surface area contributed by atoms with Gasteiger partial charge in [0.15, 0.2) is 12.2 Å². The van der Waals surface area contributed by atoms with Gasteiger partial charge in [0.25, 0.3) is 5.91 Å². The van der Waals surface area contributed by atoms with Crippen LogP contribution in [0.2, 0.25) is 0 Å². The number of carboxylic acid groups (broad SMARTS) is 1. The topological polar surface area (TPSA) is 126 Å². The number of carbonyl (C=O) groups is 4. The number of amides is 2. The zero-order valence-electron chi connectivity index (χ0n) is 14.6. The van der Waals surface area contributed by atoms with Crippen LogP contribution in [0.25, 0.3) is 0 Å². The van der Waals surface area contributed by atoms with Gasteiger partial charge in [0.1, 0.15) is 12.1 Å². The van der Waals surface area contributed by atoms with Gasteiger partial charge >= 0.3 is 11.9 Å². The molecule has 0 saturated carbocycles. The number of hydrogen-bond acceptors (Lipinski definition) is 6. The Labute approximate surface area is 145 Å². The minimum atomic E-state index is -1.05. The van der Waals surface area contributed by atoms with Crippen molar-refractivity contribution < 1.29 is 33.8 Å². The fraction of sp³-hybridized carbons (Fsp3) is 0.750. The lowest BCUT2D eigenvalue weighted by molar-refractivity contribution is -0.150. The molecule has 2 aliphatic heterocycles. The number of aliphatic carboxylic acids is 1. The Bertz CT molecular complexity index is 565. The molecule has 5 atom stereocenters. The standard InChI is InChI=1S/C16H24N2O7/c1-4-8(2)10(14(20)18-7-5-6-9(18)15(21)22)17-13(19)11-12(25-11)16(23)24-3/h8-12H,4-7H2,1-3H3,(H,17,19)(H,21,22)/t8-,9-,10-,11-,12-/m0/s1. The number of carboxylic acids is 1. The molecule has 0 spiro atoms. The normalized spacial score (nSPS) is 27.3. The second kappa shape index (κ2) is 7.81. The summed E-state index contributed by atoms with van der Waals surface area (Å²) in [6, 6.07) is -1.73. The first-order chi connectivity index (χ1) is 11.8. The minimum Gasteiger partial charge on any atom is -0.480 e. The van der Waals surface area contributed by atoms with Crippen molar-refractivity contribution in [2.75, 3.05) is 13.7 Å². The third-order valence-electron chi connectivity index (χ3n) is 4.78. The number of carbonyl (C=O) groups excluding carboxylic acids is 3. The summed E-state index contributed by atoms with van der Waals surface area (Å²) in [6.45, 7) is 4.03. The van der Waals surface area contributed by atoms with Crippen molar-refractivity contribution in [3.05, 3.63) is 0 Å². The Morgan fingerprint density at radius 1 is 1.32 bits per heavy atom. The van der Waals surface area contributed by atoms with Gasteiger partial charge in [-0.3, -0.25) is 9.59 Å². The summed E-state index contributed by atoms with van der Waals surface area (Å²) < 4.78 is 9.52. The molecule has 140 valence electrons. The van der Waals surface area contributed by atoms with Gasteiger partial charge in [-0.1, -0.05) is 20.3 Å². The Morgan fingerprint density at radius 2 is 2.00 bits per heavy atom. The number of likely N-dealkylation sites (tertiary alicyclic amines) is 1. The van der Waals surface area contributed by atoms with E-state index in [-0.39, 0.29) is 5.92 Å². The van der Waals surface area contributed by atoms with Crippen molar-refractivity contribution in [1.29, 1.82) is 0 Å². The number of epoxide rings is 1. The second-order valence-electron chi connectivity index (χ2n) is 6.40. The zero-order chi connectivity index (χ0) is 18.7. The molecule has 9 nitrogen and oxygen atoms in total. The average Bonchev–Trinajstić information content (AvgIpc) is 3.25. The van der Waals surface area contributed by atoms with Gasteiger partial charge in [-0.05, 0) is 18.8 Å². The van der Waals surface area contributed by atoms with Crippen molar-refractivity contribution in [3.63, 3.8) is 0 Å². The van der Waals surface area contributed by atoms with Crippen LogP contribution >= 0.6 is 0 Å². The first-order valence-corrected chi connectivity index (χ1v) is 8.38. The highest BCUT2D eigenvalue weighted by molar-refractivity contribution is 5.96. The number of nitrogens with one attached hydrogen (secondary N) is 1. The molecule has 0 radical (unpaired) electrons. The summed E-state index contributed by atoms with van der Waals surface area (Å²) in [5.41, 5.74) is 0. The van der Waals surface area contributed by atoms with E-state index < -0.39 is 48.0 Å². The van der Waals surface area contributed by atoms with Crippen LogP contribution in [-0.4, -0.2) is 71.7 Å². The molecule has 2 fully saturated rings. The smallest absolute Gasteiger partial charge is 0.338 e. The molecule has 0 aliphatic carbocycles. The van der Waals surface area contributed by atoms with Crippen LogP contribution in [0.4, 0.5) is 0 Å². The maximum absolute atomic E-state index is 12.8. The van der Waals surface area contributed by atoms with Gasteiger partial charge in [0.05, 0.1) is 7.11 Å². The minimum absolute atomic E-state index is 0.193. The van der Waals surface area contributed by atoms with Gasteiger partial charge < -0.3 is 24.8 Å².